The van der Waals surface area contributed by atoms with Crippen LogP contribution in [-0.4, -0.2) is 41.7 Å². The average molecular weight is 246 g/mol. The fourth-order valence-electron chi connectivity index (χ4n) is 1.27. The molecule has 0 aromatic carbocycles. The summed E-state index contributed by atoms with van der Waals surface area (Å²) in [5, 5.41) is 7.15. The van der Waals surface area contributed by atoms with Crippen LogP contribution in [0.5, 0.6) is 0 Å². The van der Waals surface area contributed by atoms with Crippen molar-refractivity contribution in [3.8, 4) is 0 Å². The molecule has 0 aliphatic rings. The van der Waals surface area contributed by atoms with Gasteiger partial charge in [-0.3, -0.25) is 4.68 Å². The molecule has 0 aliphatic carbocycles. The normalized spacial score (nSPS) is 11.9. The Bertz CT molecular complexity index is 413. The minimum absolute atomic E-state index is 0.204. The molecule has 1 aromatic rings. The Kier molecular flexibility index (Phi) is 4.88. The van der Waals surface area contributed by atoms with Crippen molar-refractivity contribution in [2.75, 3.05) is 18.6 Å². The number of aromatic nitrogens is 3. The fourth-order valence-corrected chi connectivity index (χ4v) is 2.13. The van der Waals surface area contributed by atoms with Gasteiger partial charge in [0.25, 0.3) is 0 Å². The van der Waals surface area contributed by atoms with Crippen LogP contribution in [-0.2, 0) is 22.9 Å². The number of hydrogen-bond donors (Lipinski definition) is 1. The van der Waals surface area contributed by atoms with Crippen LogP contribution in [0.25, 0.3) is 0 Å². The highest BCUT2D eigenvalue weighted by molar-refractivity contribution is 7.91. The zero-order valence-electron chi connectivity index (χ0n) is 9.68. The van der Waals surface area contributed by atoms with Gasteiger partial charge in [-0.15, -0.1) is 0 Å². The van der Waals surface area contributed by atoms with Crippen molar-refractivity contribution in [1.82, 2.24) is 20.1 Å². The molecule has 0 saturated carbocycles. The van der Waals surface area contributed by atoms with Crippen LogP contribution < -0.4 is 5.32 Å². The highest BCUT2D eigenvalue weighted by Crippen LogP contribution is 1.97. The zero-order valence-corrected chi connectivity index (χ0v) is 10.5. The van der Waals surface area contributed by atoms with E-state index in [-0.39, 0.29) is 11.5 Å². The Labute approximate surface area is 96.0 Å². The van der Waals surface area contributed by atoms with Gasteiger partial charge >= 0.3 is 0 Å². The molecule has 0 spiro atoms. The van der Waals surface area contributed by atoms with Gasteiger partial charge in [0.05, 0.1) is 12.3 Å². The van der Waals surface area contributed by atoms with Crippen LogP contribution in [0.4, 0.5) is 0 Å². The zero-order chi connectivity index (χ0) is 12.0. The minimum atomic E-state index is -2.87. The lowest BCUT2D eigenvalue weighted by Gasteiger charge is -2.01. The summed E-state index contributed by atoms with van der Waals surface area (Å²) in [6, 6.07) is 0. The van der Waals surface area contributed by atoms with E-state index in [1.165, 1.54) is 0 Å². The summed E-state index contributed by atoms with van der Waals surface area (Å²) in [6.07, 6.45) is 2.21. The Hall–Kier alpha value is -0.950. The van der Waals surface area contributed by atoms with E-state index in [0.717, 1.165) is 5.82 Å². The van der Waals surface area contributed by atoms with E-state index in [1.807, 2.05) is 7.05 Å². The Balaban J connectivity index is 2.37. The number of rotatable bonds is 7. The van der Waals surface area contributed by atoms with E-state index >= 15 is 0 Å². The number of nitrogens with one attached hydrogen (secondary N) is 1. The van der Waals surface area contributed by atoms with Crippen LogP contribution in [0, 0.1) is 0 Å². The summed E-state index contributed by atoms with van der Waals surface area (Å²) < 4.78 is 24.2. The molecule has 0 atom stereocenters. The van der Waals surface area contributed by atoms with E-state index in [1.54, 1.807) is 17.9 Å². The molecule has 0 radical (unpaired) electrons. The first-order valence-corrected chi connectivity index (χ1v) is 7.13. The highest BCUT2D eigenvalue weighted by atomic mass is 32.2. The Morgan fingerprint density at radius 1 is 1.50 bits per heavy atom. The van der Waals surface area contributed by atoms with Gasteiger partial charge in [-0.2, -0.15) is 5.10 Å². The quantitative estimate of drug-likeness (QED) is 0.722. The third kappa shape index (κ3) is 4.28. The molecule has 92 valence electrons. The second kappa shape index (κ2) is 5.95. The third-order valence-electron chi connectivity index (χ3n) is 2.20. The van der Waals surface area contributed by atoms with Gasteiger partial charge in [-0.25, -0.2) is 13.4 Å². The lowest BCUT2D eigenvalue weighted by Crippen LogP contribution is -2.12. The minimum Gasteiger partial charge on any atom is -0.313 e. The average Bonchev–Trinajstić information content (AvgIpc) is 2.66. The van der Waals surface area contributed by atoms with Gasteiger partial charge in [0, 0.05) is 12.3 Å². The molecule has 0 amide bonds. The molecule has 0 saturated heterocycles. The van der Waals surface area contributed by atoms with E-state index in [0.29, 0.717) is 19.5 Å². The second-order valence-corrected chi connectivity index (χ2v) is 6.02. The molecule has 0 fully saturated rings. The van der Waals surface area contributed by atoms with E-state index in [4.69, 9.17) is 0 Å². The van der Waals surface area contributed by atoms with Crippen LogP contribution in [0.15, 0.2) is 6.33 Å². The Morgan fingerprint density at radius 3 is 2.88 bits per heavy atom. The Morgan fingerprint density at radius 2 is 2.25 bits per heavy atom. The van der Waals surface area contributed by atoms with Crippen molar-refractivity contribution in [3.05, 3.63) is 12.2 Å². The largest absolute Gasteiger partial charge is 0.313 e. The smallest absolute Gasteiger partial charge is 0.164 e. The maximum absolute atomic E-state index is 11.2. The standard InChI is InChI=1S/C9H18N4O2S/c1-3-16(14,15)6-4-5-13-8-11-9(12-13)7-10-2/h8,10H,3-7H2,1-2H3. The molecule has 16 heavy (non-hydrogen) atoms. The lowest BCUT2D eigenvalue weighted by atomic mass is 10.5. The topological polar surface area (TPSA) is 76.9 Å². The molecule has 1 N–H and O–H groups in total. The molecule has 7 heteroatoms. The van der Waals surface area contributed by atoms with Gasteiger partial charge in [0.2, 0.25) is 0 Å². The van der Waals surface area contributed by atoms with Crippen molar-refractivity contribution in [2.45, 2.75) is 26.4 Å². The van der Waals surface area contributed by atoms with E-state index < -0.39 is 9.84 Å². The maximum Gasteiger partial charge on any atom is 0.164 e. The van der Waals surface area contributed by atoms with Gasteiger partial charge in [-0.05, 0) is 13.5 Å². The van der Waals surface area contributed by atoms with Crippen molar-refractivity contribution in [2.24, 2.45) is 0 Å². The number of hydrogen-bond acceptors (Lipinski definition) is 5. The molecule has 0 bridgehead atoms. The summed E-state index contributed by atoms with van der Waals surface area (Å²) >= 11 is 0. The van der Waals surface area contributed by atoms with E-state index in [2.05, 4.69) is 15.4 Å². The van der Waals surface area contributed by atoms with Crippen LogP contribution in [0.2, 0.25) is 0 Å². The lowest BCUT2D eigenvalue weighted by molar-refractivity contribution is 0.568. The molecule has 6 nitrogen and oxygen atoms in total. The number of sulfone groups is 1. The van der Waals surface area contributed by atoms with Crippen molar-refractivity contribution < 1.29 is 8.42 Å². The SMILES string of the molecule is CCS(=O)(=O)CCCn1cnc(CNC)n1. The summed E-state index contributed by atoms with van der Waals surface area (Å²) in [5.41, 5.74) is 0. The fraction of sp³-hybridized carbons (Fsp3) is 0.778. The number of nitrogens with zero attached hydrogens (tertiary/aromatic N) is 3. The first-order chi connectivity index (χ1) is 7.57. The predicted molar refractivity (Wildman–Crippen MR) is 61.7 cm³/mol. The van der Waals surface area contributed by atoms with Crippen LogP contribution in [0.3, 0.4) is 0 Å². The van der Waals surface area contributed by atoms with Crippen LogP contribution >= 0.6 is 0 Å². The van der Waals surface area contributed by atoms with Crippen molar-refractivity contribution >= 4 is 9.84 Å². The van der Waals surface area contributed by atoms with Crippen molar-refractivity contribution in [1.29, 1.82) is 0 Å². The molecule has 0 aliphatic heterocycles. The molecule has 0 unspecified atom stereocenters. The number of aryl methyl sites for hydroxylation is 1. The highest BCUT2D eigenvalue weighted by Gasteiger charge is 2.07. The van der Waals surface area contributed by atoms with Gasteiger partial charge in [0.1, 0.15) is 16.2 Å². The summed E-state index contributed by atoms with van der Waals surface area (Å²) in [4.78, 5) is 4.08. The summed E-state index contributed by atoms with van der Waals surface area (Å²) in [5.74, 6) is 1.14. The summed E-state index contributed by atoms with van der Waals surface area (Å²) in [7, 11) is -1.04. The molecular weight excluding hydrogens is 228 g/mol. The van der Waals surface area contributed by atoms with E-state index in [9.17, 15) is 8.42 Å². The monoisotopic (exact) mass is 246 g/mol. The molecule has 1 heterocycles. The second-order valence-electron chi connectivity index (χ2n) is 3.54. The van der Waals surface area contributed by atoms with Crippen LogP contribution in [0.1, 0.15) is 19.2 Å². The van der Waals surface area contributed by atoms with Crippen molar-refractivity contribution in [3.63, 3.8) is 0 Å². The molecular formula is C9H18N4O2S. The first-order valence-electron chi connectivity index (χ1n) is 5.30. The third-order valence-corrected chi connectivity index (χ3v) is 3.99. The first kappa shape index (κ1) is 13.1. The van der Waals surface area contributed by atoms with Gasteiger partial charge in [-0.1, -0.05) is 6.92 Å². The van der Waals surface area contributed by atoms with Gasteiger partial charge < -0.3 is 5.32 Å². The summed E-state index contributed by atoms with van der Waals surface area (Å²) in [6.45, 7) is 2.88. The van der Waals surface area contributed by atoms with Gasteiger partial charge in [0.15, 0.2) is 5.82 Å². The predicted octanol–water partition coefficient (Wildman–Crippen LogP) is -0.178. The molecule has 1 rings (SSSR count). The maximum atomic E-state index is 11.2. The molecule has 1 aromatic heterocycles.